The van der Waals surface area contributed by atoms with Crippen molar-refractivity contribution < 1.29 is 0 Å². The van der Waals surface area contributed by atoms with Gasteiger partial charge in [0.2, 0.25) is 0 Å². The van der Waals surface area contributed by atoms with Gasteiger partial charge in [-0.25, -0.2) is 0 Å². The third-order valence-corrected chi connectivity index (χ3v) is 4.62. The molecule has 0 saturated carbocycles. The lowest BCUT2D eigenvalue weighted by molar-refractivity contribution is 0.142. The summed E-state index contributed by atoms with van der Waals surface area (Å²) in [6, 6.07) is 10.2. The summed E-state index contributed by atoms with van der Waals surface area (Å²) in [5.41, 5.74) is 2.86. The number of hydrogen-bond acceptors (Lipinski definition) is 2. The number of likely N-dealkylation sites (tertiary alicyclic amines) is 1. The molecule has 0 aromatic heterocycles. The van der Waals surface area contributed by atoms with Crippen LogP contribution in [0.5, 0.6) is 0 Å². The van der Waals surface area contributed by atoms with Crippen molar-refractivity contribution in [3.05, 3.63) is 35.4 Å². The van der Waals surface area contributed by atoms with Gasteiger partial charge < -0.3 is 5.32 Å². The molecule has 2 atom stereocenters. The average molecular weight is 274 g/mol. The fourth-order valence-electron chi connectivity index (χ4n) is 3.28. The first kappa shape index (κ1) is 15.5. The minimum atomic E-state index is 0.448. The minimum Gasteiger partial charge on any atom is -0.309 e. The Kier molecular flexibility index (Phi) is 6.06. The Hall–Kier alpha value is -0.860. The van der Waals surface area contributed by atoms with E-state index < -0.39 is 0 Å². The molecule has 0 radical (unpaired) electrons. The number of rotatable bonds is 6. The number of likely N-dealkylation sites (N-methyl/N-ethyl adjacent to an activating group) is 1. The van der Waals surface area contributed by atoms with Gasteiger partial charge in [-0.1, -0.05) is 44.5 Å². The van der Waals surface area contributed by atoms with Gasteiger partial charge in [0.05, 0.1) is 0 Å². The number of piperidine rings is 1. The molecular weight excluding hydrogens is 244 g/mol. The second kappa shape index (κ2) is 7.80. The largest absolute Gasteiger partial charge is 0.309 e. The summed E-state index contributed by atoms with van der Waals surface area (Å²) in [6.45, 7) is 10.3. The van der Waals surface area contributed by atoms with Crippen LogP contribution in [0.3, 0.4) is 0 Å². The van der Waals surface area contributed by atoms with E-state index >= 15 is 0 Å². The number of nitrogens with one attached hydrogen (secondary N) is 1. The molecule has 20 heavy (non-hydrogen) atoms. The van der Waals surface area contributed by atoms with Gasteiger partial charge in [0.15, 0.2) is 0 Å². The predicted octanol–water partition coefficient (Wildman–Crippen LogP) is 3.77. The third-order valence-electron chi connectivity index (χ3n) is 4.62. The third kappa shape index (κ3) is 3.83. The summed E-state index contributed by atoms with van der Waals surface area (Å²) >= 11 is 0. The molecule has 0 amide bonds. The molecule has 1 heterocycles. The lowest BCUT2D eigenvalue weighted by atomic mass is 9.96. The molecule has 112 valence electrons. The van der Waals surface area contributed by atoms with Crippen LogP contribution in [0.1, 0.15) is 57.2 Å². The zero-order valence-electron chi connectivity index (χ0n) is 13.4. The molecule has 1 aliphatic heterocycles. The highest BCUT2D eigenvalue weighted by molar-refractivity contribution is 5.26. The molecule has 2 heteroatoms. The Bertz CT molecular complexity index is 379. The monoisotopic (exact) mass is 274 g/mol. The number of aryl methyl sites for hydroxylation is 1. The van der Waals surface area contributed by atoms with Crippen molar-refractivity contribution in [2.75, 3.05) is 19.6 Å². The van der Waals surface area contributed by atoms with Crippen LogP contribution >= 0.6 is 0 Å². The smallest absolute Gasteiger partial charge is 0.0475 e. The van der Waals surface area contributed by atoms with Crippen molar-refractivity contribution in [3.8, 4) is 0 Å². The van der Waals surface area contributed by atoms with Crippen molar-refractivity contribution in [1.29, 1.82) is 0 Å². The molecule has 0 aliphatic carbocycles. The van der Waals surface area contributed by atoms with Crippen LogP contribution in [0.4, 0.5) is 0 Å². The maximum Gasteiger partial charge on any atom is 0.0475 e. The Morgan fingerprint density at radius 2 is 1.70 bits per heavy atom. The molecular formula is C18H30N2. The van der Waals surface area contributed by atoms with Gasteiger partial charge >= 0.3 is 0 Å². The maximum atomic E-state index is 3.69. The molecule has 2 rings (SSSR count). The van der Waals surface area contributed by atoms with Crippen LogP contribution in [0.15, 0.2) is 24.3 Å². The molecule has 1 fully saturated rings. The topological polar surface area (TPSA) is 15.3 Å². The second-order valence-electron chi connectivity index (χ2n) is 5.97. The molecule has 1 aromatic carbocycles. The van der Waals surface area contributed by atoms with E-state index in [0.717, 1.165) is 13.0 Å². The zero-order chi connectivity index (χ0) is 14.4. The first-order valence-electron chi connectivity index (χ1n) is 8.32. The highest BCUT2D eigenvalue weighted by Gasteiger charge is 2.25. The van der Waals surface area contributed by atoms with Gasteiger partial charge in [0, 0.05) is 12.1 Å². The lowest BCUT2D eigenvalue weighted by Gasteiger charge is -2.37. The Labute approximate surface area is 124 Å². The number of hydrogen-bond donors (Lipinski definition) is 1. The van der Waals surface area contributed by atoms with E-state index in [1.807, 2.05) is 0 Å². The van der Waals surface area contributed by atoms with Gasteiger partial charge in [-0.15, -0.1) is 0 Å². The van der Waals surface area contributed by atoms with Crippen molar-refractivity contribution in [1.82, 2.24) is 10.2 Å². The van der Waals surface area contributed by atoms with Crippen LogP contribution in [0.25, 0.3) is 0 Å². The zero-order valence-corrected chi connectivity index (χ0v) is 13.4. The Morgan fingerprint density at radius 3 is 2.25 bits per heavy atom. The standard InChI is InChI=1S/C18H30N2/c1-4-16-9-11-17(12-10-16)18(19-5-2)15(3)20-13-7-6-8-14-20/h9-12,15,18-19H,4-8,13-14H2,1-3H3. The summed E-state index contributed by atoms with van der Waals surface area (Å²) in [6.07, 6.45) is 5.24. The van der Waals surface area contributed by atoms with E-state index in [1.165, 1.54) is 43.5 Å². The highest BCUT2D eigenvalue weighted by atomic mass is 15.2. The average Bonchev–Trinajstić information content (AvgIpc) is 2.53. The van der Waals surface area contributed by atoms with Crippen molar-refractivity contribution >= 4 is 0 Å². The quantitative estimate of drug-likeness (QED) is 0.849. The molecule has 1 saturated heterocycles. The SMILES string of the molecule is CCNC(c1ccc(CC)cc1)C(C)N1CCCCC1. The number of nitrogens with zero attached hydrogens (tertiary/aromatic N) is 1. The molecule has 1 aromatic rings. The Balaban J connectivity index is 2.11. The van der Waals surface area contributed by atoms with E-state index in [9.17, 15) is 0 Å². The van der Waals surface area contributed by atoms with E-state index in [-0.39, 0.29) is 0 Å². The van der Waals surface area contributed by atoms with Crippen molar-refractivity contribution in [2.45, 2.75) is 58.5 Å². The summed E-state index contributed by atoms with van der Waals surface area (Å²) in [5, 5.41) is 3.69. The van der Waals surface area contributed by atoms with Gasteiger partial charge in [-0.3, -0.25) is 4.90 Å². The predicted molar refractivity (Wildman–Crippen MR) is 87.1 cm³/mol. The first-order valence-corrected chi connectivity index (χ1v) is 8.32. The van der Waals surface area contributed by atoms with E-state index in [4.69, 9.17) is 0 Å². The maximum absolute atomic E-state index is 3.69. The van der Waals surface area contributed by atoms with Gasteiger partial charge in [0.25, 0.3) is 0 Å². The fraction of sp³-hybridized carbons (Fsp3) is 0.667. The molecule has 1 N–H and O–H groups in total. The lowest BCUT2D eigenvalue weighted by Crippen LogP contribution is -2.45. The van der Waals surface area contributed by atoms with Crippen molar-refractivity contribution in [2.24, 2.45) is 0 Å². The van der Waals surface area contributed by atoms with Crippen molar-refractivity contribution in [3.63, 3.8) is 0 Å². The van der Waals surface area contributed by atoms with Crippen LogP contribution < -0.4 is 5.32 Å². The van der Waals surface area contributed by atoms with E-state index in [1.54, 1.807) is 0 Å². The molecule has 2 nitrogen and oxygen atoms in total. The van der Waals surface area contributed by atoms with Gasteiger partial charge in [0.1, 0.15) is 0 Å². The minimum absolute atomic E-state index is 0.448. The molecule has 0 bridgehead atoms. The summed E-state index contributed by atoms with van der Waals surface area (Å²) in [5.74, 6) is 0. The van der Waals surface area contributed by atoms with Gasteiger partial charge in [-0.2, -0.15) is 0 Å². The molecule has 2 unspecified atom stereocenters. The van der Waals surface area contributed by atoms with Crippen LogP contribution in [-0.2, 0) is 6.42 Å². The highest BCUT2D eigenvalue weighted by Crippen LogP contribution is 2.24. The van der Waals surface area contributed by atoms with Crippen LogP contribution in [0.2, 0.25) is 0 Å². The molecule has 0 spiro atoms. The summed E-state index contributed by atoms with van der Waals surface area (Å²) in [7, 11) is 0. The van der Waals surface area contributed by atoms with Crippen LogP contribution in [-0.4, -0.2) is 30.6 Å². The number of benzene rings is 1. The normalized spacial score (nSPS) is 19.8. The first-order chi connectivity index (χ1) is 9.76. The van der Waals surface area contributed by atoms with E-state index in [0.29, 0.717) is 12.1 Å². The van der Waals surface area contributed by atoms with E-state index in [2.05, 4.69) is 55.3 Å². The summed E-state index contributed by atoms with van der Waals surface area (Å²) < 4.78 is 0. The second-order valence-corrected chi connectivity index (χ2v) is 5.97. The molecule has 1 aliphatic rings. The summed E-state index contributed by atoms with van der Waals surface area (Å²) in [4.78, 5) is 2.66. The Morgan fingerprint density at radius 1 is 1.05 bits per heavy atom. The van der Waals surface area contributed by atoms with Gasteiger partial charge in [-0.05, 0) is 56.9 Å². The fourth-order valence-corrected chi connectivity index (χ4v) is 3.28. The van der Waals surface area contributed by atoms with Crippen LogP contribution in [0, 0.1) is 0 Å².